The maximum atomic E-state index is 15.0. The highest BCUT2D eigenvalue weighted by Crippen LogP contribution is 2.27. The van der Waals surface area contributed by atoms with Gasteiger partial charge in [-0.2, -0.15) is 0 Å². The van der Waals surface area contributed by atoms with Crippen molar-refractivity contribution < 1.29 is 14.0 Å². The van der Waals surface area contributed by atoms with E-state index in [1.807, 2.05) is 6.92 Å². The molecule has 2 heterocycles. The Kier molecular flexibility index (Phi) is 4.29. The number of aryl methyl sites for hydroxylation is 1. The smallest absolute Gasteiger partial charge is 0.159 e. The Morgan fingerprint density at radius 3 is 2.42 bits per heavy atom. The fourth-order valence-electron chi connectivity index (χ4n) is 2.41. The Hall–Kier alpha value is -3.15. The first-order chi connectivity index (χ1) is 11.6. The van der Waals surface area contributed by atoms with Gasteiger partial charge in [-0.1, -0.05) is 5.16 Å². The molecule has 6 heteroatoms. The molecule has 0 aliphatic carbocycles. The molecule has 3 aromatic rings. The number of hydrogen-bond acceptors (Lipinski definition) is 4. The first-order valence-electron chi connectivity index (χ1n) is 7.15. The van der Waals surface area contributed by atoms with Crippen LogP contribution in [0, 0.1) is 18.6 Å². The number of nitrogens with zero attached hydrogens (tertiary/aromatic N) is 3. The summed E-state index contributed by atoms with van der Waals surface area (Å²) >= 11 is 0. The summed E-state index contributed by atoms with van der Waals surface area (Å²) in [5.41, 5.74) is 1.93. The second-order valence-corrected chi connectivity index (χ2v) is 5.17. The van der Waals surface area contributed by atoms with E-state index in [1.54, 1.807) is 18.5 Å². The van der Waals surface area contributed by atoms with Crippen LogP contribution in [0.5, 0.6) is 0 Å². The zero-order valence-corrected chi connectivity index (χ0v) is 12.7. The summed E-state index contributed by atoms with van der Waals surface area (Å²) in [6, 6.07) is 8.50. The van der Waals surface area contributed by atoms with Crippen LogP contribution < -0.4 is 0 Å². The van der Waals surface area contributed by atoms with Gasteiger partial charge in [-0.15, -0.1) is 0 Å². The lowest BCUT2D eigenvalue weighted by atomic mass is 9.99. The molecule has 0 spiro atoms. The molecule has 0 amide bonds. The summed E-state index contributed by atoms with van der Waals surface area (Å²) in [5.74, 6) is -1.07. The van der Waals surface area contributed by atoms with Crippen LogP contribution in [0.4, 0.5) is 8.78 Å². The summed E-state index contributed by atoms with van der Waals surface area (Å²) in [7, 11) is 0. The van der Waals surface area contributed by atoms with Crippen molar-refractivity contribution >= 4 is 5.71 Å². The number of hydrogen-bond donors (Lipinski definition) is 1. The van der Waals surface area contributed by atoms with Crippen molar-refractivity contribution in [3.8, 4) is 11.1 Å². The lowest BCUT2D eigenvalue weighted by Crippen LogP contribution is -2.10. The van der Waals surface area contributed by atoms with Gasteiger partial charge in [0, 0.05) is 35.3 Å². The molecule has 24 heavy (non-hydrogen) atoms. The van der Waals surface area contributed by atoms with Gasteiger partial charge in [0.15, 0.2) is 5.82 Å². The van der Waals surface area contributed by atoms with Crippen LogP contribution in [0.1, 0.15) is 16.8 Å². The average Bonchev–Trinajstić information content (AvgIpc) is 2.59. The zero-order valence-electron chi connectivity index (χ0n) is 12.7. The van der Waals surface area contributed by atoms with Gasteiger partial charge >= 0.3 is 0 Å². The predicted octanol–water partition coefficient (Wildman–Crippen LogP) is 3.96. The van der Waals surface area contributed by atoms with E-state index < -0.39 is 11.6 Å². The summed E-state index contributed by atoms with van der Waals surface area (Å²) in [6.07, 6.45) is 4.61. The molecule has 0 bridgehead atoms. The fraction of sp³-hybridized carbons (Fsp3) is 0.0556. The third-order valence-electron chi connectivity index (χ3n) is 3.66. The van der Waals surface area contributed by atoms with Crippen LogP contribution in [-0.4, -0.2) is 20.9 Å². The maximum Gasteiger partial charge on any atom is 0.159 e. The van der Waals surface area contributed by atoms with Crippen molar-refractivity contribution in [1.82, 2.24) is 9.97 Å². The van der Waals surface area contributed by atoms with Crippen LogP contribution in [0.15, 0.2) is 60.1 Å². The van der Waals surface area contributed by atoms with Gasteiger partial charge in [-0.05, 0) is 48.9 Å². The van der Waals surface area contributed by atoms with Gasteiger partial charge in [-0.3, -0.25) is 9.97 Å². The molecular weight excluding hydrogens is 312 g/mol. The molecule has 120 valence electrons. The van der Waals surface area contributed by atoms with E-state index in [-0.39, 0.29) is 11.4 Å². The minimum absolute atomic E-state index is 0.0732. The van der Waals surface area contributed by atoms with E-state index in [1.165, 1.54) is 36.5 Å². The monoisotopic (exact) mass is 325 g/mol. The molecule has 0 radical (unpaired) electrons. The molecule has 0 aliphatic rings. The van der Waals surface area contributed by atoms with Crippen molar-refractivity contribution in [1.29, 1.82) is 0 Å². The van der Waals surface area contributed by atoms with Gasteiger partial charge in [0.25, 0.3) is 0 Å². The van der Waals surface area contributed by atoms with Crippen molar-refractivity contribution in [3.63, 3.8) is 0 Å². The normalized spacial score (nSPS) is 11.5. The third-order valence-corrected chi connectivity index (χ3v) is 3.66. The number of benzene rings is 1. The minimum Gasteiger partial charge on any atom is -0.410 e. The highest BCUT2D eigenvalue weighted by molar-refractivity contribution is 6.12. The van der Waals surface area contributed by atoms with Crippen LogP contribution in [0.3, 0.4) is 0 Å². The molecule has 0 atom stereocenters. The second kappa shape index (κ2) is 6.54. The van der Waals surface area contributed by atoms with Crippen molar-refractivity contribution in [2.45, 2.75) is 6.92 Å². The summed E-state index contributed by atoms with van der Waals surface area (Å²) in [4.78, 5) is 8.00. The molecule has 1 aromatic carbocycles. The Bertz CT molecular complexity index is 908. The van der Waals surface area contributed by atoms with E-state index in [0.717, 1.165) is 5.56 Å². The highest BCUT2D eigenvalue weighted by atomic mass is 19.1. The first-order valence-corrected chi connectivity index (χ1v) is 7.15. The molecule has 2 aromatic heterocycles. The number of pyridine rings is 2. The van der Waals surface area contributed by atoms with Gasteiger partial charge in [0.2, 0.25) is 0 Å². The molecule has 0 fully saturated rings. The van der Waals surface area contributed by atoms with Gasteiger partial charge in [0.05, 0.1) is 0 Å². The Morgan fingerprint density at radius 2 is 1.75 bits per heavy atom. The van der Waals surface area contributed by atoms with E-state index in [4.69, 9.17) is 0 Å². The van der Waals surface area contributed by atoms with Crippen molar-refractivity contribution in [3.05, 3.63) is 83.4 Å². The van der Waals surface area contributed by atoms with E-state index in [9.17, 15) is 14.0 Å². The number of halogens is 2. The lowest BCUT2D eigenvalue weighted by molar-refractivity contribution is 0.319. The van der Waals surface area contributed by atoms with Gasteiger partial charge in [-0.25, -0.2) is 8.78 Å². The van der Waals surface area contributed by atoms with E-state index in [0.29, 0.717) is 16.7 Å². The quantitative estimate of drug-likeness (QED) is 0.450. The average molecular weight is 325 g/mol. The standard InChI is InChI=1S/C18H13F2N3O/c1-11-6-8-21-10-15(11)14-7-9-22-18(16(14)20)17(23-24)12-2-4-13(19)5-3-12/h2-10,24H,1H3/b23-17+. The van der Waals surface area contributed by atoms with E-state index >= 15 is 0 Å². The molecule has 1 N–H and O–H groups in total. The number of rotatable bonds is 3. The SMILES string of the molecule is Cc1ccncc1-c1ccnc(/C(=N/O)c2ccc(F)cc2)c1F. The largest absolute Gasteiger partial charge is 0.410 e. The van der Waals surface area contributed by atoms with E-state index in [2.05, 4.69) is 15.1 Å². The third kappa shape index (κ3) is 2.86. The Balaban J connectivity index is 2.14. The maximum absolute atomic E-state index is 15.0. The van der Waals surface area contributed by atoms with Crippen molar-refractivity contribution in [2.75, 3.05) is 0 Å². The topological polar surface area (TPSA) is 58.4 Å². The summed E-state index contributed by atoms with van der Waals surface area (Å²) in [5, 5.41) is 12.5. The Labute approximate surface area is 137 Å². The van der Waals surface area contributed by atoms with Crippen LogP contribution in [-0.2, 0) is 0 Å². The summed E-state index contributed by atoms with van der Waals surface area (Å²) in [6.45, 7) is 1.84. The minimum atomic E-state index is -0.634. The number of aromatic nitrogens is 2. The molecule has 0 saturated heterocycles. The molecule has 0 aliphatic heterocycles. The zero-order chi connectivity index (χ0) is 17.1. The lowest BCUT2D eigenvalue weighted by Gasteiger charge is -2.10. The van der Waals surface area contributed by atoms with Crippen LogP contribution >= 0.6 is 0 Å². The highest BCUT2D eigenvalue weighted by Gasteiger charge is 2.19. The van der Waals surface area contributed by atoms with Gasteiger partial charge < -0.3 is 5.21 Å². The Morgan fingerprint density at radius 1 is 1.00 bits per heavy atom. The molecule has 0 saturated carbocycles. The van der Waals surface area contributed by atoms with Crippen LogP contribution in [0.2, 0.25) is 0 Å². The second-order valence-electron chi connectivity index (χ2n) is 5.17. The molecule has 3 rings (SSSR count). The predicted molar refractivity (Wildman–Crippen MR) is 86.0 cm³/mol. The van der Waals surface area contributed by atoms with Gasteiger partial charge in [0.1, 0.15) is 17.2 Å². The van der Waals surface area contributed by atoms with Crippen molar-refractivity contribution in [2.24, 2.45) is 5.16 Å². The summed E-state index contributed by atoms with van der Waals surface area (Å²) < 4.78 is 28.1. The molecule has 0 unspecified atom stereocenters. The number of oxime groups is 1. The fourth-order valence-corrected chi connectivity index (χ4v) is 2.41. The van der Waals surface area contributed by atoms with Crippen LogP contribution in [0.25, 0.3) is 11.1 Å². The first kappa shape index (κ1) is 15.7. The molecule has 4 nitrogen and oxygen atoms in total. The molecular formula is C18H13F2N3O.